The van der Waals surface area contributed by atoms with Crippen LogP contribution in [0.3, 0.4) is 0 Å². The molecule has 1 aromatic rings. The Morgan fingerprint density at radius 3 is 2.20 bits per heavy atom. The highest BCUT2D eigenvalue weighted by molar-refractivity contribution is 5.88. The van der Waals surface area contributed by atoms with Gasteiger partial charge in [-0.05, 0) is 37.2 Å². The number of methoxy groups -OCH3 is 2. The maximum atomic E-state index is 14.0. The molecule has 1 aromatic carbocycles. The maximum absolute atomic E-state index is 14.0. The van der Waals surface area contributed by atoms with Gasteiger partial charge in [-0.15, -0.1) is 0 Å². The third-order valence-electron chi connectivity index (χ3n) is 10.2. The Morgan fingerprint density at radius 2 is 1.66 bits per heavy atom. The molecule has 0 aliphatic carbocycles. The fourth-order valence-corrected chi connectivity index (χ4v) is 7.11. The van der Waals surface area contributed by atoms with E-state index in [0.717, 1.165) is 6.42 Å². The Labute approximate surface area is 298 Å². The van der Waals surface area contributed by atoms with Crippen molar-refractivity contribution < 1.29 is 38.6 Å². The first kappa shape index (κ1) is 42.6. The zero-order valence-corrected chi connectivity index (χ0v) is 31.6. The molecule has 1 heterocycles. The Bertz CT molecular complexity index is 1250. The lowest BCUT2D eigenvalue weighted by molar-refractivity contribution is -0.146. The molecular weight excluding hydrogens is 642 g/mol. The van der Waals surface area contributed by atoms with Gasteiger partial charge in [0.1, 0.15) is 6.04 Å². The van der Waals surface area contributed by atoms with E-state index in [2.05, 4.69) is 10.6 Å². The van der Waals surface area contributed by atoms with Crippen molar-refractivity contribution >= 4 is 30.0 Å². The van der Waals surface area contributed by atoms with Crippen LogP contribution in [0.25, 0.3) is 0 Å². The number of benzene rings is 1. The summed E-state index contributed by atoms with van der Waals surface area (Å²) in [5, 5.41) is 16.4. The third kappa shape index (κ3) is 11.0. The van der Waals surface area contributed by atoms with E-state index >= 15 is 0 Å². The maximum Gasteiger partial charge on any atom is 0.243 e. The van der Waals surface area contributed by atoms with Crippen LogP contribution in [0, 0.1) is 17.8 Å². The number of rotatable bonds is 20. The molecular formula is C37H61N5O8. The molecule has 50 heavy (non-hydrogen) atoms. The van der Waals surface area contributed by atoms with Gasteiger partial charge in [-0.3, -0.25) is 24.0 Å². The minimum atomic E-state index is -0.884. The molecule has 5 amide bonds. The monoisotopic (exact) mass is 703 g/mol. The second kappa shape index (κ2) is 20.3. The number of aliphatic hydroxyl groups is 1. The van der Waals surface area contributed by atoms with Crippen molar-refractivity contribution in [3.8, 4) is 0 Å². The molecule has 282 valence electrons. The first-order valence-corrected chi connectivity index (χ1v) is 17.7. The molecule has 9 atom stereocenters. The van der Waals surface area contributed by atoms with Crippen LogP contribution in [0.2, 0.25) is 0 Å². The summed E-state index contributed by atoms with van der Waals surface area (Å²) in [6.07, 6.45) is 0.591. The molecule has 0 spiro atoms. The molecule has 1 aliphatic rings. The average Bonchev–Trinajstić information content (AvgIpc) is 3.59. The molecule has 1 fully saturated rings. The summed E-state index contributed by atoms with van der Waals surface area (Å²) in [5.41, 5.74) is 0.700. The van der Waals surface area contributed by atoms with E-state index in [0.29, 0.717) is 31.4 Å². The van der Waals surface area contributed by atoms with Crippen LogP contribution in [0.4, 0.5) is 0 Å². The Kier molecular flexibility index (Phi) is 17.3. The average molecular weight is 704 g/mol. The molecule has 13 heteroatoms. The van der Waals surface area contributed by atoms with E-state index in [1.165, 1.54) is 26.2 Å². The number of carbonyl (C=O) groups is 5. The largest absolute Gasteiger partial charge is 0.386 e. The Balaban J connectivity index is 2.15. The lowest BCUT2D eigenvalue weighted by Gasteiger charge is -2.39. The van der Waals surface area contributed by atoms with Gasteiger partial charge in [0.15, 0.2) is 0 Å². The zero-order valence-electron chi connectivity index (χ0n) is 31.6. The smallest absolute Gasteiger partial charge is 0.243 e. The van der Waals surface area contributed by atoms with Crippen molar-refractivity contribution in [2.24, 2.45) is 17.8 Å². The van der Waals surface area contributed by atoms with Gasteiger partial charge in [0.2, 0.25) is 30.0 Å². The second-order valence-corrected chi connectivity index (χ2v) is 14.0. The van der Waals surface area contributed by atoms with Crippen LogP contribution in [0.15, 0.2) is 30.3 Å². The van der Waals surface area contributed by atoms with E-state index in [1.54, 1.807) is 42.8 Å². The van der Waals surface area contributed by atoms with Crippen LogP contribution in [0.1, 0.15) is 78.9 Å². The number of aliphatic hydroxyl groups excluding tert-OH is 1. The van der Waals surface area contributed by atoms with Crippen molar-refractivity contribution in [2.75, 3.05) is 41.4 Å². The summed E-state index contributed by atoms with van der Waals surface area (Å²) in [7, 11) is 6.23. The quantitative estimate of drug-likeness (QED) is 0.175. The minimum Gasteiger partial charge on any atom is -0.386 e. The van der Waals surface area contributed by atoms with Gasteiger partial charge in [-0.2, -0.15) is 0 Å². The second-order valence-electron chi connectivity index (χ2n) is 14.0. The van der Waals surface area contributed by atoms with Crippen LogP contribution in [-0.2, 0) is 33.4 Å². The lowest BCUT2D eigenvalue weighted by atomic mass is 9.90. The van der Waals surface area contributed by atoms with Gasteiger partial charge in [-0.1, -0.05) is 71.4 Å². The zero-order chi connectivity index (χ0) is 37.7. The number of nitrogens with zero attached hydrogens (tertiary/aromatic N) is 3. The van der Waals surface area contributed by atoms with E-state index in [4.69, 9.17) is 9.47 Å². The summed E-state index contributed by atoms with van der Waals surface area (Å²) in [4.78, 5) is 69.6. The van der Waals surface area contributed by atoms with E-state index in [9.17, 15) is 29.1 Å². The number of ether oxygens (including phenoxy) is 2. The highest BCUT2D eigenvalue weighted by Crippen LogP contribution is 2.29. The first-order chi connectivity index (χ1) is 23.6. The number of likely N-dealkylation sites (N-methyl/N-ethyl adjacent to an activating group) is 2. The summed E-state index contributed by atoms with van der Waals surface area (Å²) >= 11 is 0. The van der Waals surface area contributed by atoms with Crippen LogP contribution in [-0.4, -0.2) is 128 Å². The number of carbonyl (C=O) groups excluding carboxylic acids is 5. The molecule has 13 nitrogen and oxygen atoms in total. The topological polar surface area (TPSA) is 158 Å². The van der Waals surface area contributed by atoms with Gasteiger partial charge in [0, 0.05) is 34.9 Å². The molecule has 1 saturated heterocycles. The molecule has 0 radical (unpaired) electrons. The summed E-state index contributed by atoms with van der Waals surface area (Å²) in [6, 6.07) is 7.04. The lowest BCUT2D eigenvalue weighted by Crippen LogP contribution is -2.55. The van der Waals surface area contributed by atoms with Gasteiger partial charge in [0.05, 0.1) is 55.3 Å². The van der Waals surface area contributed by atoms with E-state index in [1.807, 2.05) is 45.9 Å². The predicted molar refractivity (Wildman–Crippen MR) is 191 cm³/mol. The molecule has 0 bridgehead atoms. The van der Waals surface area contributed by atoms with Crippen molar-refractivity contribution in [1.82, 2.24) is 25.3 Å². The van der Waals surface area contributed by atoms with Gasteiger partial charge in [-0.25, -0.2) is 0 Å². The molecule has 2 rings (SSSR count). The van der Waals surface area contributed by atoms with Crippen molar-refractivity contribution in [1.29, 1.82) is 0 Å². The third-order valence-corrected chi connectivity index (χ3v) is 10.2. The van der Waals surface area contributed by atoms with Crippen LogP contribution >= 0.6 is 0 Å². The number of amides is 5. The fourth-order valence-electron chi connectivity index (χ4n) is 7.11. The Morgan fingerprint density at radius 1 is 1.02 bits per heavy atom. The molecule has 1 aliphatic heterocycles. The van der Waals surface area contributed by atoms with Gasteiger partial charge in [0.25, 0.3) is 0 Å². The van der Waals surface area contributed by atoms with Crippen LogP contribution < -0.4 is 10.6 Å². The number of likely N-dealkylation sites (tertiary alicyclic amines) is 1. The minimum absolute atomic E-state index is 0.00283. The Hall–Kier alpha value is -3.55. The molecule has 3 unspecified atom stereocenters. The predicted octanol–water partition coefficient (Wildman–Crippen LogP) is 2.37. The van der Waals surface area contributed by atoms with Gasteiger partial charge >= 0.3 is 0 Å². The van der Waals surface area contributed by atoms with Crippen molar-refractivity contribution in [3.63, 3.8) is 0 Å². The summed E-state index contributed by atoms with van der Waals surface area (Å²) < 4.78 is 11.8. The molecule has 0 saturated carbocycles. The van der Waals surface area contributed by atoms with Gasteiger partial charge < -0.3 is 39.9 Å². The first-order valence-electron chi connectivity index (χ1n) is 17.7. The molecule has 3 N–H and O–H groups in total. The van der Waals surface area contributed by atoms with E-state index < -0.39 is 48.3 Å². The van der Waals surface area contributed by atoms with Crippen molar-refractivity contribution in [2.45, 2.75) is 110 Å². The SMILES string of the molecule is CCC(C)C([C@@H](CC(=O)N1CCC[C@H]1[C@H](OC)[C@@H](C)C(=O)N[C@H](C)[C@@H](O)c1ccccc1)OC)N(C)C(=O)CNC(=O)C(C(C)C)N(C)C=O. The normalized spacial score (nSPS) is 19.4. The molecule has 0 aromatic heterocycles. The summed E-state index contributed by atoms with van der Waals surface area (Å²) in [6.45, 7) is 11.4. The van der Waals surface area contributed by atoms with Crippen LogP contribution in [0.5, 0.6) is 0 Å². The van der Waals surface area contributed by atoms with Crippen molar-refractivity contribution in [3.05, 3.63) is 35.9 Å². The fraction of sp³-hybridized carbons (Fsp3) is 0.703. The number of hydrogen-bond acceptors (Lipinski definition) is 8. The highest BCUT2D eigenvalue weighted by Gasteiger charge is 2.42. The number of nitrogens with one attached hydrogen (secondary N) is 2. The summed E-state index contributed by atoms with van der Waals surface area (Å²) in [5.74, 6) is -2.03. The van der Waals surface area contributed by atoms with E-state index in [-0.39, 0.29) is 48.6 Å². The highest BCUT2D eigenvalue weighted by atomic mass is 16.5. The standard InChI is InChI=1S/C37H61N5O8/c1-11-24(4)33(41(8)31(45)21-38-37(48)32(23(2)3)40(7)22-43)29(49-9)20-30(44)42-19-15-18-28(42)35(50-10)25(5)36(47)39-26(6)34(46)27-16-13-12-14-17-27/h12-14,16-17,22-26,28-29,32-35,46H,11,15,18-21H2,1-10H3,(H,38,48)(H,39,47)/t24?,25-,26-,28+,29-,32?,33?,34-,35-/m1/s1. The number of hydrogen-bond donors (Lipinski definition) is 3.